The third-order valence-corrected chi connectivity index (χ3v) is 3.66. The van der Waals surface area contributed by atoms with E-state index in [1.54, 1.807) is 13.1 Å². The van der Waals surface area contributed by atoms with E-state index in [2.05, 4.69) is 33.1 Å². The van der Waals surface area contributed by atoms with Gasteiger partial charge in [0.15, 0.2) is 5.79 Å². The Morgan fingerprint density at radius 1 is 1.47 bits per heavy atom. The van der Waals surface area contributed by atoms with Crippen molar-refractivity contribution in [3.05, 3.63) is 33.4 Å². The molecule has 0 radical (unpaired) electrons. The van der Waals surface area contributed by atoms with Crippen LogP contribution in [0.4, 0.5) is 0 Å². The number of ether oxygens (including phenoxy) is 2. The number of nitrogens with zero attached hydrogens (tertiary/aromatic N) is 1. The van der Waals surface area contributed by atoms with Gasteiger partial charge in [0.05, 0.1) is 25.8 Å². The summed E-state index contributed by atoms with van der Waals surface area (Å²) < 4.78 is 11.8. The molecule has 1 fully saturated rings. The van der Waals surface area contributed by atoms with Gasteiger partial charge in [-0.05, 0) is 35.6 Å². The summed E-state index contributed by atoms with van der Waals surface area (Å²) in [5, 5.41) is 3.94. The Morgan fingerprint density at radius 3 is 2.84 bits per heavy atom. The molecule has 1 aliphatic rings. The Kier molecular flexibility index (Phi) is 4.89. The zero-order valence-corrected chi connectivity index (χ0v) is 12.7. The number of nitrogens with one attached hydrogen (secondary N) is 1. The molecule has 2 rings (SSSR count). The largest absolute Gasteiger partial charge is 0.347 e. The van der Waals surface area contributed by atoms with E-state index in [0.29, 0.717) is 13.2 Å². The van der Waals surface area contributed by atoms with Crippen LogP contribution in [0.15, 0.2) is 29.4 Å². The van der Waals surface area contributed by atoms with Crippen LogP contribution in [-0.2, 0) is 14.3 Å². The molecular weight excluding hydrogens is 359 g/mol. The van der Waals surface area contributed by atoms with Gasteiger partial charge in [0, 0.05) is 9.13 Å². The molecule has 0 unspecified atom stereocenters. The summed E-state index contributed by atoms with van der Waals surface area (Å²) in [6.07, 6.45) is 1.76. The zero-order valence-electron chi connectivity index (χ0n) is 10.6. The van der Waals surface area contributed by atoms with E-state index >= 15 is 0 Å². The maximum absolute atomic E-state index is 11.7. The number of carbonyl (C=O) groups excluding carboxylic acids is 1. The second-order valence-corrected chi connectivity index (χ2v) is 5.48. The van der Waals surface area contributed by atoms with E-state index in [9.17, 15) is 4.79 Å². The van der Waals surface area contributed by atoms with Crippen molar-refractivity contribution in [1.82, 2.24) is 5.43 Å². The fourth-order valence-electron chi connectivity index (χ4n) is 1.74. The van der Waals surface area contributed by atoms with E-state index < -0.39 is 5.79 Å². The Morgan fingerprint density at radius 2 is 2.16 bits per heavy atom. The molecule has 1 heterocycles. The van der Waals surface area contributed by atoms with Crippen molar-refractivity contribution in [2.24, 2.45) is 5.10 Å². The topological polar surface area (TPSA) is 59.9 Å². The fourth-order valence-corrected chi connectivity index (χ4v) is 2.27. The van der Waals surface area contributed by atoms with Crippen molar-refractivity contribution in [3.8, 4) is 0 Å². The van der Waals surface area contributed by atoms with Gasteiger partial charge in [0.1, 0.15) is 0 Å². The number of hydrazone groups is 1. The first-order chi connectivity index (χ1) is 9.09. The normalized spacial score (nSPS) is 17.8. The third kappa shape index (κ3) is 4.26. The monoisotopic (exact) mass is 374 g/mol. The van der Waals surface area contributed by atoms with Gasteiger partial charge in [-0.1, -0.05) is 18.2 Å². The number of benzene rings is 1. The molecule has 102 valence electrons. The summed E-state index contributed by atoms with van der Waals surface area (Å²) in [5.41, 5.74) is 3.44. The zero-order chi connectivity index (χ0) is 13.7. The highest BCUT2D eigenvalue weighted by Crippen LogP contribution is 2.22. The molecule has 5 nitrogen and oxygen atoms in total. The molecule has 0 saturated carbocycles. The Labute approximate surface area is 125 Å². The molecule has 0 spiro atoms. The number of rotatable bonds is 4. The SMILES string of the molecule is CC1(CC(=O)N/N=C\c2ccccc2I)OCCO1. The molecule has 1 aliphatic heterocycles. The minimum Gasteiger partial charge on any atom is -0.347 e. The van der Waals surface area contributed by atoms with Gasteiger partial charge in [0.25, 0.3) is 0 Å². The van der Waals surface area contributed by atoms with E-state index in [-0.39, 0.29) is 12.3 Å². The van der Waals surface area contributed by atoms with Crippen LogP contribution in [0, 0.1) is 3.57 Å². The van der Waals surface area contributed by atoms with Crippen LogP contribution in [0.1, 0.15) is 18.9 Å². The second-order valence-electron chi connectivity index (χ2n) is 4.32. The predicted molar refractivity (Wildman–Crippen MR) is 79.8 cm³/mol. The van der Waals surface area contributed by atoms with Crippen LogP contribution in [0.2, 0.25) is 0 Å². The highest BCUT2D eigenvalue weighted by molar-refractivity contribution is 14.1. The summed E-state index contributed by atoms with van der Waals surface area (Å²) in [4.78, 5) is 11.7. The van der Waals surface area contributed by atoms with E-state index in [0.717, 1.165) is 9.13 Å². The van der Waals surface area contributed by atoms with Crippen LogP contribution < -0.4 is 5.43 Å². The maximum Gasteiger partial charge on any atom is 0.245 e. The lowest BCUT2D eigenvalue weighted by Crippen LogP contribution is -2.33. The highest BCUT2D eigenvalue weighted by Gasteiger charge is 2.33. The molecular formula is C13H15IN2O3. The minimum atomic E-state index is -0.819. The van der Waals surface area contributed by atoms with Gasteiger partial charge < -0.3 is 9.47 Å². The minimum absolute atomic E-state index is 0.135. The van der Waals surface area contributed by atoms with Crippen molar-refractivity contribution >= 4 is 34.7 Å². The van der Waals surface area contributed by atoms with Crippen LogP contribution in [-0.4, -0.2) is 31.1 Å². The molecule has 0 atom stereocenters. The van der Waals surface area contributed by atoms with Crippen molar-refractivity contribution in [1.29, 1.82) is 0 Å². The van der Waals surface area contributed by atoms with Gasteiger partial charge in [-0.25, -0.2) is 5.43 Å². The van der Waals surface area contributed by atoms with Gasteiger partial charge >= 0.3 is 0 Å². The Bertz CT molecular complexity index is 485. The van der Waals surface area contributed by atoms with Crippen molar-refractivity contribution in [3.63, 3.8) is 0 Å². The van der Waals surface area contributed by atoms with Crippen molar-refractivity contribution in [2.75, 3.05) is 13.2 Å². The summed E-state index contributed by atoms with van der Waals surface area (Å²) in [7, 11) is 0. The Balaban J connectivity index is 1.85. The number of hydrogen-bond acceptors (Lipinski definition) is 4. The number of hydrogen-bond donors (Lipinski definition) is 1. The van der Waals surface area contributed by atoms with Gasteiger partial charge in [-0.15, -0.1) is 0 Å². The fraction of sp³-hybridized carbons (Fsp3) is 0.385. The van der Waals surface area contributed by atoms with Gasteiger partial charge in [-0.3, -0.25) is 4.79 Å². The number of amides is 1. The number of halogens is 1. The van der Waals surface area contributed by atoms with Crippen LogP contribution in [0.3, 0.4) is 0 Å². The lowest BCUT2D eigenvalue weighted by molar-refractivity contribution is -0.159. The average molecular weight is 374 g/mol. The van der Waals surface area contributed by atoms with Crippen LogP contribution in [0.5, 0.6) is 0 Å². The molecule has 1 amide bonds. The summed E-state index contributed by atoms with van der Waals surface area (Å²) >= 11 is 2.22. The van der Waals surface area contributed by atoms with Crippen LogP contribution >= 0.6 is 22.6 Å². The van der Waals surface area contributed by atoms with Gasteiger partial charge in [0.2, 0.25) is 5.91 Å². The first-order valence-corrected chi connectivity index (χ1v) is 7.01. The lowest BCUT2D eigenvalue weighted by Gasteiger charge is -2.20. The molecule has 0 aromatic heterocycles. The van der Waals surface area contributed by atoms with E-state index in [4.69, 9.17) is 9.47 Å². The van der Waals surface area contributed by atoms with E-state index in [1.807, 2.05) is 24.3 Å². The highest BCUT2D eigenvalue weighted by atomic mass is 127. The second kappa shape index (κ2) is 6.44. The quantitative estimate of drug-likeness (QED) is 0.498. The standard InChI is InChI=1S/C13H15IN2O3/c1-13(18-6-7-19-13)8-12(17)16-15-9-10-4-2-3-5-11(10)14/h2-5,9H,6-8H2,1H3,(H,16,17)/b15-9-. The summed E-state index contributed by atoms with van der Waals surface area (Å²) in [6, 6.07) is 7.78. The molecule has 0 bridgehead atoms. The van der Waals surface area contributed by atoms with Crippen molar-refractivity contribution < 1.29 is 14.3 Å². The van der Waals surface area contributed by atoms with E-state index in [1.165, 1.54) is 0 Å². The Hall–Kier alpha value is -0.990. The molecule has 6 heteroatoms. The molecule has 1 aromatic carbocycles. The first-order valence-electron chi connectivity index (χ1n) is 5.93. The average Bonchev–Trinajstić information content (AvgIpc) is 2.78. The molecule has 0 aliphatic carbocycles. The van der Waals surface area contributed by atoms with Gasteiger partial charge in [-0.2, -0.15) is 5.10 Å². The molecule has 1 saturated heterocycles. The molecule has 19 heavy (non-hydrogen) atoms. The summed E-state index contributed by atoms with van der Waals surface area (Å²) in [5.74, 6) is -1.05. The summed E-state index contributed by atoms with van der Waals surface area (Å²) in [6.45, 7) is 2.80. The van der Waals surface area contributed by atoms with Crippen LogP contribution in [0.25, 0.3) is 0 Å². The molecule has 1 aromatic rings. The lowest BCUT2D eigenvalue weighted by atomic mass is 10.2. The molecule has 1 N–H and O–H groups in total. The smallest absolute Gasteiger partial charge is 0.245 e. The first kappa shape index (κ1) is 14.4. The predicted octanol–water partition coefficient (Wildman–Crippen LogP) is 1.89. The number of carbonyl (C=O) groups is 1. The van der Waals surface area contributed by atoms with Crippen molar-refractivity contribution in [2.45, 2.75) is 19.1 Å². The maximum atomic E-state index is 11.7. The third-order valence-electron chi connectivity index (χ3n) is 2.68.